The van der Waals surface area contributed by atoms with Gasteiger partial charge in [0.05, 0.1) is 0 Å². The number of nitrogens with one attached hydrogen (secondary N) is 1. The second kappa shape index (κ2) is 6.31. The first kappa shape index (κ1) is 17.3. The number of likely N-dealkylation sites (N-methyl/N-ethyl adjacent to an activating group) is 1. The van der Waals surface area contributed by atoms with Crippen molar-refractivity contribution in [2.75, 3.05) is 7.05 Å². The molecule has 0 aromatic heterocycles. The number of carbonyl (C=O) groups excluding carboxylic acids is 2. The Morgan fingerprint density at radius 3 is 2.24 bits per heavy atom. The number of carboxylic acid groups (broad SMARTS) is 1. The van der Waals surface area contributed by atoms with Crippen molar-refractivity contribution in [3.8, 4) is 0 Å². The lowest BCUT2D eigenvalue weighted by Crippen LogP contribution is -2.53. The van der Waals surface area contributed by atoms with Crippen LogP contribution in [0.5, 0.6) is 0 Å². The van der Waals surface area contributed by atoms with Crippen molar-refractivity contribution in [3.63, 3.8) is 0 Å². The quantitative estimate of drug-likeness (QED) is 0.758. The highest BCUT2D eigenvalue weighted by atomic mass is 19.4. The van der Waals surface area contributed by atoms with Gasteiger partial charge in [0.25, 0.3) is 0 Å². The molecule has 1 saturated carbocycles. The average molecular weight is 310 g/mol. The first-order valence-corrected chi connectivity index (χ1v) is 6.41. The molecule has 1 aliphatic carbocycles. The van der Waals surface area contributed by atoms with Crippen LogP contribution in [-0.4, -0.2) is 53.1 Å². The molecule has 1 aliphatic rings. The maximum Gasteiger partial charge on any atom is 0.471 e. The Balaban J connectivity index is 2.66. The zero-order chi connectivity index (χ0) is 16.4. The van der Waals surface area contributed by atoms with E-state index in [1.807, 2.05) is 0 Å². The number of halogens is 3. The van der Waals surface area contributed by atoms with Crippen LogP contribution < -0.4 is 5.32 Å². The zero-order valence-corrected chi connectivity index (χ0v) is 11.6. The first-order chi connectivity index (χ1) is 9.54. The number of amides is 2. The van der Waals surface area contributed by atoms with E-state index >= 15 is 0 Å². The highest BCUT2D eigenvalue weighted by Gasteiger charge is 2.41. The zero-order valence-electron chi connectivity index (χ0n) is 11.6. The summed E-state index contributed by atoms with van der Waals surface area (Å²) in [6.45, 7) is 1.08. The molecule has 6 nitrogen and oxygen atoms in total. The van der Waals surface area contributed by atoms with Crippen LogP contribution in [0.1, 0.15) is 26.2 Å². The summed E-state index contributed by atoms with van der Waals surface area (Å²) in [5.41, 5.74) is 0. The van der Waals surface area contributed by atoms with E-state index in [4.69, 9.17) is 5.11 Å². The van der Waals surface area contributed by atoms with Gasteiger partial charge in [-0.2, -0.15) is 13.2 Å². The number of aliphatic carboxylic acids is 1. The number of alkyl halides is 3. The molecule has 0 saturated heterocycles. The minimum Gasteiger partial charge on any atom is -0.480 e. The molecule has 2 atom stereocenters. The van der Waals surface area contributed by atoms with Crippen LogP contribution in [0, 0.1) is 5.92 Å². The Morgan fingerprint density at radius 2 is 1.86 bits per heavy atom. The topological polar surface area (TPSA) is 86.7 Å². The molecule has 0 aromatic carbocycles. The van der Waals surface area contributed by atoms with Gasteiger partial charge in [-0.3, -0.25) is 9.59 Å². The largest absolute Gasteiger partial charge is 0.480 e. The van der Waals surface area contributed by atoms with Crippen LogP contribution >= 0.6 is 0 Å². The molecule has 0 aliphatic heterocycles. The summed E-state index contributed by atoms with van der Waals surface area (Å²) in [6, 6.07) is -2.56. The Labute approximate surface area is 119 Å². The average Bonchev–Trinajstić information content (AvgIpc) is 3.16. The molecule has 0 bridgehead atoms. The summed E-state index contributed by atoms with van der Waals surface area (Å²) in [7, 11) is 1.21. The molecule has 0 radical (unpaired) electrons. The minimum atomic E-state index is -5.09. The van der Waals surface area contributed by atoms with E-state index in [9.17, 15) is 27.6 Å². The Bertz CT molecular complexity index is 435. The summed E-state index contributed by atoms with van der Waals surface area (Å²) < 4.78 is 36.3. The lowest BCUT2D eigenvalue weighted by Gasteiger charge is -2.28. The van der Waals surface area contributed by atoms with Gasteiger partial charge in [0.2, 0.25) is 5.91 Å². The number of nitrogens with zero attached hydrogens (tertiary/aromatic N) is 1. The number of carboxylic acids is 1. The smallest absolute Gasteiger partial charge is 0.471 e. The molecule has 0 heterocycles. The predicted molar refractivity (Wildman–Crippen MR) is 65.2 cm³/mol. The summed E-state index contributed by atoms with van der Waals surface area (Å²) in [6.07, 6.45) is -3.07. The van der Waals surface area contributed by atoms with E-state index in [1.54, 1.807) is 0 Å². The van der Waals surface area contributed by atoms with Crippen molar-refractivity contribution in [2.45, 2.75) is 44.4 Å². The fourth-order valence-electron chi connectivity index (χ4n) is 1.89. The van der Waals surface area contributed by atoms with E-state index in [-0.39, 0.29) is 12.3 Å². The van der Waals surface area contributed by atoms with Crippen molar-refractivity contribution in [1.29, 1.82) is 0 Å². The molecule has 120 valence electrons. The van der Waals surface area contributed by atoms with Crippen molar-refractivity contribution < 1.29 is 32.7 Å². The molecule has 1 fully saturated rings. The fourth-order valence-corrected chi connectivity index (χ4v) is 1.89. The summed E-state index contributed by atoms with van der Waals surface area (Å²) in [5, 5.41) is 10.6. The van der Waals surface area contributed by atoms with Crippen molar-refractivity contribution >= 4 is 17.8 Å². The number of carbonyl (C=O) groups is 3. The Kier molecular flexibility index (Phi) is 5.19. The van der Waals surface area contributed by atoms with Gasteiger partial charge in [-0.15, -0.1) is 0 Å². The molecule has 1 rings (SSSR count). The molecular weight excluding hydrogens is 293 g/mol. The van der Waals surface area contributed by atoms with Gasteiger partial charge in [-0.05, 0) is 19.3 Å². The maximum absolute atomic E-state index is 12.1. The third-order valence-electron chi connectivity index (χ3n) is 3.33. The van der Waals surface area contributed by atoms with Crippen molar-refractivity contribution in [3.05, 3.63) is 0 Å². The second-order valence-electron chi connectivity index (χ2n) is 5.18. The standard InChI is InChI=1S/C12H17F3N2O4/c1-6(16-11(21)12(13,14)15)9(18)17(2)8(10(19)20)5-7-3-4-7/h6-8H,3-5H2,1-2H3,(H,16,21)(H,19,20)/t6-,8-/m0/s1. The van der Waals surface area contributed by atoms with Crippen LogP contribution in [0.2, 0.25) is 0 Å². The lowest BCUT2D eigenvalue weighted by molar-refractivity contribution is -0.175. The molecule has 21 heavy (non-hydrogen) atoms. The van der Waals surface area contributed by atoms with Crippen LogP contribution in [0.3, 0.4) is 0 Å². The normalized spacial score (nSPS) is 17.8. The van der Waals surface area contributed by atoms with E-state index in [2.05, 4.69) is 0 Å². The number of hydrogen-bond donors (Lipinski definition) is 2. The monoisotopic (exact) mass is 310 g/mol. The van der Waals surface area contributed by atoms with Crippen LogP contribution in [0.15, 0.2) is 0 Å². The van der Waals surface area contributed by atoms with Crippen molar-refractivity contribution in [1.82, 2.24) is 10.2 Å². The summed E-state index contributed by atoms with van der Waals surface area (Å²) in [4.78, 5) is 34.7. The van der Waals surface area contributed by atoms with Gasteiger partial charge in [-0.1, -0.05) is 12.8 Å². The fraction of sp³-hybridized carbons (Fsp3) is 0.750. The Hall–Kier alpha value is -1.80. The van der Waals surface area contributed by atoms with E-state index < -0.39 is 36.0 Å². The van der Waals surface area contributed by atoms with E-state index in [1.165, 1.54) is 12.4 Å². The molecule has 0 spiro atoms. The van der Waals surface area contributed by atoms with Gasteiger partial charge >= 0.3 is 18.1 Å². The molecular formula is C12H17F3N2O4. The maximum atomic E-state index is 12.1. The van der Waals surface area contributed by atoms with Gasteiger partial charge < -0.3 is 15.3 Å². The van der Waals surface area contributed by atoms with Gasteiger partial charge in [0, 0.05) is 7.05 Å². The van der Waals surface area contributed by atoms with Crippen LogP contribution in [-0.2, 0) is 14.4 Å². The molecule has 0 unspecified atom stereocenters. The minimum absolute atomic E-state index is 0.224. The number of hydrogen-bond acceptors (Lipinski definition) is 3. The summed E-state index contributed by atoms with van der Waals surface area (Å²) >= 11 is 0. The lowest BCUT2D eigenvalue weighted by atomic mass is 10.1. The van der Waals surface area contributed by atoms with Crippen LogP contribution in [0.25, 0.3) is 0 Å². The molecule has 9 heteroatoms. The van der Waals surface area contributed by atoms with E-state index in [0.29, 0.717) is 0 Å². The highest BCUT2D eigenvalue weighted by molar-refractivity contribution is 5.91. The van der Waals surface area contributed by atoms with Gasteiger partial charge in [-0.25, -0.2) is 4.79 Å². The predicted octanol–water partition coefficient (Wildman–Crippen LogP) is 0.765. The van der Waals surface area contributed by atoms with Gasteiger partial charge in [0.15, 0.2) is 0 Å². The van der Waals surface area contributed by atoms with Gasteiger partial charge in [0.1, 0.15) is 12.1 Å². The second-order valence-corrected chi connectivity index (χ2v) is 5.18. The summed E-state index contributed by atoms with van der Waals surface area (Å²) in [5.74, 6) is -4.10. The SMILES string of the molecule is C[C@H](NC(=O)C(F)(F)F)C(=O)N(C)[C@@H](CC1CC1)C(=O)O. The highest BCUT2D eigenvalue weighted by Crippen LogP contribution is 2.34. The molecule has 2 N–H and O–H groups in total. The third-order valence-corrected chi connectivity index (χ3v) is 3.33. The third kappa shape index (κ3) is 4.91. The first-order valence-electron chi connectivity index (χ1n) is 6.41. The van der Waals surface area contributed by atoms with Crippen LogP contribution in [0.4, 0.5) is 13.2 Å². The van der Waals surface area contributed by atoms with E-state index in [0.717, 1.165) is 24.7 Å². The molecule has 0 aromatic rings. The molecule has 2 amide bonds. The van der Waals surface area contributed by atoms with Crippen molar-refractivity contribution in [2.24, 2.45) is 5.92 Å². The number of rotatable bonds is 6. The Morgan fingerprint density at radius 1 is 1.33 bits per heavy atom.